The van der Waals surface area contributed by atoms with Gasteiger partial charge in [-0.25, -0.2) is 0 Å². The maximum absolute atomic E-state index is 5.50. The predicted molar refractivity (Wildman–Crippen MR) is 114 cm³/mol. The summed E-state index contributed by atoms with van der Waals surface area (Å²) in [6.45, 7) is 7.62. The molecule has 0 atom stereocenters. The van der Waals surface area contributed by atoms with E-state index in [1.165, 1.54) is 22.0 Å². The number of benzene rings is 2. The number of hydrogen-bond donors (Lipinski definition) is 2. The largest absolute Gasteiger partial charge is 0.493 e. The molecule has 0 amide bonds. The molecule has 1 fully saturated rings. The van der Waals surface area contributed by atoms with E-state index < -0.39 is 0 Å². The smallest absolute Gasteiger partial charge is 0.161 e. The van der Waals surface area contributed by atoms with Crippen LogP contribution in [0.4, 0.5) is 0 Å². The number of methoxy groups -OCH3 is 2. The van der Waals surface area contributed by atoms with Gasteiger partial charge in [0.2, 0.25) is 0 Å². The molecule has 5 heteroatoms. The van der Waals surface area contributed by atoms with E-state index in [1.807, 2.05) is 12.1 Å². The Morgan fingerprint density at radius 2 is 1.75 bits per heavy atom. The maximum Gasteiger partial charge on any atom is 0.161 e. The van der Waals surface area contributed by atoms with E-state index in [0.717, 1.165) is 61.9 Å². The van der Waals surface area contributed by atoms with Crippen LogP contribution in [0.1, 0.15) is 18.1 Å². The van der Waals surface area contributed by atoms with Crippen LogP contribution in [-0.2, 0) is 13.0 Å². The molecule has 2 heterocycles. The molecule has 2 aromatic carbocycles. The van der Waals surface area contributed by atoms with E-state index in [2.05, 4.69) is 46.4 Å². The van der Waals surface area contributed by atoms with Crippen LogP contribution >= 0.6 is 0 Å². The van der Waals surface area contributed by atoms with E-state index in [1.54, 1.807) is 14.2 Å². The molecular formula is C23H29N3O2. The second-order valence-corrected chi connectivity index (χ2v) is 7.31. The van der Waals surface area contributed by atoms with Crippen LogP contribution in [0.5, 0.6) is 11.5 Å². The number of ether oxygens (including phenoxy) is 2. The number of rotatable bonds is 6. The Labute approximate surface area is 166 Å². The molecule has 0 saturated carbocycles. The van der Waals surface area contributed by atoms with E-state index >= 15 is 0 Å². The highest BCUT2D eigenvalue weighted by Crippen LogP contribution is 2.36. The molecule has 1 aromatic heterocycles. The quantitative estimate of drug-likeness (QED) is 0.684. The highest BCUT2D eigenvalue weighted by Gasteiger charge is 2.16. The highest BCUT2D eigenvalue weighted by molar-refractivity contribution is 5.91. The van der Waals surface area contributed by atoms with Gasteiger partial charge < -0.3 is 19.8 Å². The van der Waals surface area contributed by atoms with Gasteiger partial charge in [-0.15, -0.1) is 0 Å². The Kier molecular flexibility index (Phi) is 5.55. The number of H-pyrrole nitrogens is 1. The summed E-state index contributed by atoms with van der Waals surface area (Å²) in [6.07, 6.45) is 0.973. The summed E-state index contributed by atoms with van der Waals surface area (Å²) in [7, 11) is 3.34. The standard InChI is InChI=1S/C23H29N3O2/c1-4-18-19-13-16(15-26-11-9-24-10-12-26)5-7-20(19)25-23(18)17-6-8-21(27-2)22(14-17)28-3/h5-8,13-14,24-25H,4,9-12,15H2,1-3H3. The molecule has 0 radical (unpaired) electrons. The molecule has 4 rings (SSSR count). The van der Waals surface area contributed by atoms with Crippen LogP contribution < -0.4 is 14.8 Å². The van der Waals surface area contributed by atoms with Crippen LogP contribution in [0.2, 0.25) is 0 Å². The van der Waals surface area contributed by atoms with Gasteiger partial charge in [-0.05, 0) is 47.9 Å². The minimum atomic E-state index is 0.749. The molecule has 0 unspecified atom stereocenters. The number of fused-ring (bicyclic) bond motifs is 1. The third-order valence-corrected chi connectivity index (χ3v) is 5.61. The van der Waals surface area contributed by atoms with Crippen LogP contribution in [0.15, 0.2) is 36.4 Å². The molecular weight excluding hydrogens is 350 g/mol. The Bertz CT molecular complexity index is 958. The van der Waals surface area contributed by atoms with E-state index in [4.69, 9.17) is 9.47 Å². The average Bonchev–Trinajstić information content (AvgIpc) is 3.11. The number of aromatic nitrogens is 1. The third-order valence-electron chi connectivity index (χ3n) is 5.61. The second-order valence-electron chi connectivity index (χ2n) is 7.31. The lowest BCUT2D eigenvalue weighted by Crippen LogP contribution is -2.42. The zero-order valence-corrected chi connectivity index (χ0v) is 17.0. The van der Waals surface area contributed by atoms with Crippen LogP contribution in [-0.4, -0.2) is 50.3 Å². The van der Waals surface area contributed by atoms with Crippen molar-refractivity contribution in [2.24, 2.45) is 0 Å². The molecule has 2 N–H and O–H groups in total. The highest BCUT2D eigenvalue weighted by atomic mass is 16.5. The van der Waals surface area contributed by atoms with Gasteiger partial charge in [0.1, 0.15) is 0 Å². The summed E-state index contributed by atoms with van der Waals surface area (Å²) in [5, 5.41) is 4.74. The number of aromatic amines is 1. The molecule has 1 saturated heterocycles. The molecule has 5 nitrogen and oxygen atoms in total. The van der Waals surface area contributed by atoms with Crippen LogP contribution in [0.25, 0.3) is 22.2 Å². The topological polar surface area (TPSA) is 49.5 Å². The van der Waals surface area contributed by atoms with E-state index in [9.17, 15) is 0 Å². The van der Waals surface area contributed by atoms with Gasteiger partial charge in [-0.2, -0.15) is 0 Å². The Morgan fingerprint density at radius 3 is 2.46 bits per heavy atom. The molecule has 1 aliphatic rings. The zero-order valence-electron chi connectivity index (χ0n) is 17.0. The number of aryl methyl sites for hydroxylation is 1. The fourth-order valence-electron chi connectivity index (χ4n) is 4.13. The van der Waals surface area contributed by atoms with E-state index in [-0.39, 0.29) is 0 Å². The van der Waals surface area contributed by atoms with Crippen molar-refractivity contribution in [3.8, 4) is 22.8 Å². The summed E-state index contributed by atoms with van der Waals surface area (Å²) < 4.78 is 10.9. The van der Waals surface area contributed by atoms with Crippen molar-refractivity contribution in [3.63, 3.8) is 0 Å². The fraction of sp³-hybridized carbons (Fsp3) is 0.391. The van der Waals surface area contributed by atoms with Gasteiger partial charge in [0.25, 0.3) is 0 Å². The van der Waals surface area contributed by atoms with Crippen molar-refractivity contribution in [2.75, 3.05) is 40.4 Å². The minimum absolute atomic E-state index is 0.749. The van der Waals surface area contributed by atoms with Crippen molar-refractivity contribution in [3.05, 3.63) is 47.5 Å². The van der Waals surface area contributed by atoms with Crippen molar-refractivity contribution in [1.82, 2.24) is 15.2 Å². The molecule has 0 bridgehead atoms. The van der Waals surface area contributed by atoms with Crippen molar-refractivity contribution < 1.29 is 9.47 Å². The molecule has 1 aliphatic heterocycles. The zero-order chi connectivity index (χ0) is 19.5. The first-order valence-electron chi connectivity index (χ1n) is 10.0. The second kappa shape index (κ2) is 8.25. The Morgan fingerprint density at radius 1 is 0.964 bits per heavy atom. The monoisotopic (exact) mass is 379 g/mol. The van der Waals surface area contributed by atoms with Crippen molar-refractivity contribution in [2.45, 2.75) is 19.9 Å². The van der Waals surface area contributed by atoms with Gasteiger partial charge in [0, 0.05) is 54.9 Å². The summed E-state index contributed by atoms with van der Waals surface area (Å²) in [5.41, 5.74) is 6.20. The number of hydrogen-bond acceptors (Lipinski definition) is 4. The first-order chi connectivity index (χ1) is 13.7. The number of piperazine rings is 1. The minimum Gasteiger partial charge on any atom is -0.493 e. The van der Waals surface area contributed by atoms with Gasteiger partial charge in [-0.3, -0.25) is 4.90 Å². The molecule has 28 heavy (non-hydrogen) atoms. The lowest BCUT2D eigenvalue weighted by molar-refractivity contribution is 0.233. The fourth-order valence-corrected chi connectivity index (χ4v) is 4.13. The summed E-state index contributed by atoms with van der Waals surface area (Å²) in [6, 6.07) is 12.9. The molecule has 0 aliphatic carbocycles. The lowest BCUT2D eigenvalue weighted by Gasteiger charge is -2.27. The number of nitrogens with one attached hydrogen (secondary N) is 2. The van der Waals surface area contributed by atoms with Gasteiger partial charge in [0.05, 0.1) is 14.2 Å². The Hall–Kier alpha value is -2.50. The third kappa shape index (κ3) is 3.60. The normalized spacial score (nSPS) is 15.1. The van der Waals surface area contributed by atoms with Crippen LogP contribution in [0, 0.1) is 0 Å². The first kappa shape index (κ1) is 18.8. The Balaban J connectivity index is 1.71. The predicted octanol–water partition coefficient (Wildman–Crippen LogP) is 3.82. The molecule has 3 aromatic rings. The summed E-state index contributed by atoms with van der Waals surface area (Å²) in [4.78, 5) is 6.15. The van der Waals surface area contributed by atoms with Gasteiger partial charge >= 0.3 is 0 Å². The lowest BCUT2D eigenvalue weighted by atomic mass is 10.0. The SMILES string of the molecule is CCc1c(-c2ccc(OC)c(OC)c2)[nH]c2ccc(CN3CCNCC3)cc12. The van der Waals surface area contributed by atoms with Gasteiger partial charge in [0.15, 0.2) is 11.5 Å². The first-order valence-corrected chi connectivity index (χ1v) is 10.0. The average molecular weight is 380 g/mol. The summed E-state index contributed by atoms with van der Waals surface area (Å²) >= 11 is 0. The van der Waals surface area contributed by atoms with Crippen molar-refractivity contribution in [1.29, 1.82) is 0 Å². The molecule has 148 valence electrons. The maximum atomic E-state index is 5.50. The molecule has 0 spiro atoms. The summed E-state index contributed by atoms with van der Waals surface area (Å²) in [5.74, 6) is 1.50. The number of nitrogens with zero attached hydrogens (tertiary/aromatic N) is 1. The van der Waals surface area contributed by atoms with Crippen LogP contribution in [0.3, 0.4) is 0 Å². The van der Waals surface area contributed by atoms with Gasteiger partial charge in [-0.1, -0.05) is 13.0 Å². The van der Waals surface area contributed by atoms with E-state index in [0.29, 0.717) is 0 Å². The van der Waals surface area contributed by atoms with Crippen molar-refractivity contribution >= 4 is 10.9 Å².